The van der Waals surface area contributed by atoms with Crippen LogP contribution in [0.3, 0.4) is 0 Å². The molecule has 0 unspecified atom stereocenters. The van der Waals surface area contributed by atoms with Gasteiger partial charge < -0.3 is 20.1 Å². The maximum absolute atomic E-state index is 12.4. The summed E-state index contributed by atoms with van der Waals surface area (Å²) in [6, 6.07) is 11.6. The average molecular weight is 314 g/mol. The molecular formula is C17H18N2O4. The van der Waals surface area contributed by atoms with Crippen LogP contribution in [-0.4, -0.2) is 33.1 Å². The topological polar surface area (TPSA) is 76.7 Å². The monoisotopic (exact) mass is 314 g/mol. The predicted octanol–water partition coefficient (Wildman–Crippen LogP) is 2.32. The Balaban J connectivity index is 2.24. The number of carbonyl (C=O) groups excluding carboxylic acids is 2. The van der Waals surface area contributed by atoms with Crippen LogP contribution in [0, 0.1) is 0 Å². The fourth-order valence-corrected chi connectivity index (χ4v) is 2.07. The molecule has 0 aromatic heterocycles. The first-order valence-corrected chi connectivity index (χ1v) is 6.94. The summed E-state index contributed by atoms with van der Waals surface area (Å²) in [5.74, 6) is 0.450. The van der Waals surface area contributed by atoms with Gasteiger partial charge in [0.1, 0.15) is 11.5 Å². The van der Waals surface area contributed by atoms with Crippen LogP contribution in [0.4, 0.5) is 5.69 Å². The van der Waals surface area contributed by atoms with Gasteiger partial charge in [0.15, 0.2) is 0 Å². The highest BCUT2D eigenvalue weighted by Gasteiger charge is 2.14. The summed E-state index contributed by atoms with van der Waals surface area (Å²) in [6.45, 7) is 0. The Morgan fingerprint density at radius 2 is 1.74 bits per heavy atom. The lowest BCUT2D eigenvalue weighted by Gasteiger charge is -2.11. The van der Waals surface area contributed by atoms with Crippen LogP contribution in [0.15, 0.2) is 42.5 Å². The molecule has 0 bridgehead atoms. The van der Waals surface area contributed by atoms with Crippen LogP contribution >= 0.6 is 0 Å². The maximum Gasteiger partial charge on any atom is 0.259 e. The number of rotatable bonds is 5. The summed E-state index contributed by atoms with van der Waals surface area (Å²) in [4.78, 5) is 24.0. The second kappa shape index (κ2) is 7.31. The molecule has 0 saturated carbocycles. The molecule has 0 saturated heterocycles. The van der Waals surface area contributed by atoms with Gasteiger partial charge in [0.25, 0.3) is 11.8 Å². The normalized spacial score (nSPS) is 9.87. The second-order valence-electron chi connectivity index (χ2n) is 4.68. The number of methoxy groups -OCH3 is 2. The SMILES string of the molecule is CNC(=O)c1cccc(NC(=O)c2ccc(OC)cc2OC)c1. The molecule has 0 fully saturated rings. The third-order valence-corrected chi connectivity index (χ3v) is 3.26. The molecular weight excluding hydrogens is 296 g/mol. The van der Waals surface area contributed by atoms with Gasteiger partial charge in [-0.15, -0.1) is 0 Å². The third-order valence-electron chi connectivity index (χ3n) is 3.26. The molecule has 0 spiro atoms. The van der Waals surface area contributed by atoms with E-state index in [1.54, 1.807) is 56.6 Å². The Bertz CT molecular complexity index is 728. The van der Waals surface area contributed by atoms with Crippen LogP contribution in [0.1, 0.15) is 20.7 Å². The molecule has 23 heavy (non-hydrogen) atoms. The van der Waals surface area contributed by atoms with Crippen LogP contribution in [-0.2, 0) is 0 Å². The molecule has 2 N–H and O–H groups in total. The van der Waals surface area contributed by atoms with Gasteiger partial charge in [0.2, 0.25) is 0 Å². The number of hydrogen-bond acceptors (Lipinski definition) is 4. The van der Waals surface area contributed by atoms with Crippen molar-refractivity contribution in [2.45, 2.75) is 0 Å². The van der Waals surface area contributed by atoms with Gasteiger partial charge in [-0.25, -0.2) is 0 Å². The van der Waals surface area contributed by atoms with Gasteiger partial charge in [-0.2, -0.15) is 0 Å². The summed E-state index contributed by atoms with van der Waals surface area (Å²) < 4.78 is 10.3. The minimum atomic E-state index is -0.335. The zero-order chi connectivity index (χ0) is 16.8. The van der Waals surface area contributed by atoms with Crippen molar-refractivity contribution in [3.8, 4) is 11.5 Å². The van der Waals surface area contributed by atoms with Crippen molar-refractivity contribution in [2.24, 2.45) is 0 Å². The molecule has 2 aromatic rings. The minimum Gasteiger partial charge on any atom is -0.497 e. The van der Waals surface area contributed by atoms with Crippen molar-refractivity contribution in [3.63, 3.8) is 0 Å². The molecule has 0 aliphatic rings. The van der Waals surface area contributed by atoms with E-state index in [0.29, 0.717) is 28.3 Å². The number of anilines is 1. The molecule has 0 radical (unpaired) electrons. The van der Waals surface area contributed by atoms with Crippen molar-refractivity contribution in [3.05, 3.63) is 53.6 Å². The van der Waals surface area contributed by atoms with Crippen molar-refractivity contribution >= 4 is 17.5 Å². The second-order valence-corrected chi connectivity index (χ2v) is 4.68. The number of hydrogen-bond donors (Lipinski definition) is 2. The highest BCUT2D eigenvalue weighted by Crippen LogP contribution is 2.25. The van der Waals surface area contributed by atoms with E-state index in [9.17, 15) is 9.59 Å². The van der Waals surface area contributed by atoms with E-state index < -0.39 is 0 Å². The first kappa shape index (κ1) is 16.4. The Kier molecular flexibility index (Phi) is 5.19. The molecule has 2 aromatic carbocycles. The zero-order valence-electron chi connectivity index (χ0n) is 13.2. The Hall–Kier alpha value is -3.02. The van der Waals surface area contributed by atoms with Crippen LogP contribution in [0.2, 0.25) is 0 Å². The quantitative estimate of drug-likeness (QED) is 0.888. The third kappa shape index (κ3) is 3.79. The van der Waals surface area contributed by atoms with Crippen molar-refractivity contribution in [1.29, 1.82) is 0 Å². The molecule has 0 aliphatic heterocycles. The fraction of sp³-hybridized carbons (Fsp3) is 0.176. The van der Waals surface area contributed by atoms with Gasteiger partial charge in [0.05, 0.1) is 19.8 Å². The Labute approximate surface area is 134 Å². The number of nitrogens with one attached hydrogen (secondary N) is 2. The Morgan fingerprint density at radius 1 is 0.957 bits per heavy atom. The van der Waals surface area contributed by atoms with E-state index in [1.807, 2.05) is 0 Å². The van der Waals surface area contributed by atoms with Crippen molar-refractivity contribution < 1.29 is 19.1 Å². The van der Waals surface area contributed by atoms with Crippen LogP contribution < -0.4 is 20.1 Å². The summed E-state index contributed by atoms with van der Waals surface area (Å²) in [6.07, 6.45) is 0. The molecule has 0 heterocycles. The molecule has 6 heteroatoms. The number of benzene rings is 2. The van der Waals surface area contributed by atoms with Crippen molar-refractivity contribution in [2.75, 3.05) is 26.6 Å². The lowest BCUT2D eigenvalue weighted by atomic mass is 10.1. The lowest BCUT2D eigenvalue weighted by molar-refractivity contribution is 0.0961. The minimum absolute atomic E-state index is 0.219. The van der Waals surface area contributed by atoms with E-state index in [4.69, 9.17) is 9.47 Å². The van der Waals surface area contributed by atoms with E-state index in [2.05, 4.69) is 10.6 Å². The molecule has 2 amide bonds. The van der Waals surface area contributed by atoms with E-state index in [0.717, 1.165) is 0 Å². The largest absolute Gasteiger partial charge is 0.497 e. The fourth-order valence-electron chi connectivity index (χ4n) is 2.07. The van der Waals surface area contributed by atoms with Gasteiger partial charge >= 0.3 is 0 Å². The van der Waals surface area contributed by atoms with E-state index in [-0.39, 0.29) is 11.8 Å². The van der Waals surface area contributed by atoms with E-state index in [1.165, 1.54) is 7.11 Å². The zero-order valence-corrected chi connectivity index (χ0v) is 13.2. The van der Waals surface area contributed by atoms with Gasteiger partial charge in [-0.05, 0) is 30.3 Å². The first-order chi connectivity index (χ1) is 11.1. The van der Waals surface area contributed by atoms with Gasteiger partial charge in [0, 0.05) is 24.4 Å². The average Bonchev–Trinajstić information content (AvgIpc) is 2.60. The van der Waals surface area contributed by atoms with Crippen LogP contribution in [0.25, 0.3) is 0 Å². The van der Waals surface area contributed by atoms with Gasteiger partial charge in [-0.1, -0.05) is 6.07 Å². The standard InChI is InChI=1S/C17H18N2O4/c1-18-16(20)11-5-4-6-12(9-11)19-17(21)14-8-7-13(22-2)10-15(14)23-3/h4-10H,1-3H3,(H,18,20)(H,19,21). The van der Waals surface area contributed by atoms with Gasteiger partial charge in [-0.3, -0.25) is 9.59 Å². The maximum atomic E-state index is 12.4. The summed E-state index contributed by atoms with van der Waals surface area (Å²) in [5.41, 5.74) is 1.36. The summed E-state index contributed by atoms with van der Waals surface area (Å²) in [5, 5.41) is 5.29. The lowest BCUT2D eigenvalue weighted by Crippen LogP contribution is -2.18. The molecule has 0 aliphatic carbocycles. The molecule has 6 nitrogen and oxygen atoms in total. The predicted molar refractivity (Wildman–Crippen MR) is 87.3 cm³/mol. The highest BCUT2D eigenvalue weighted by molar-refractivity contribution is 6.07. The summed E-state index contributed by atoms with van der Waals surface area (Å²) >= 11 is 0. The smallest absolute Gasteiger partial charge is 0.259 e. The first-order valence-electron chi connectivity index (χ1n) is 6.94. The van der Waals surface area contributed by atoms with E-state index >= 15 is 0 Å². The van der Waals surface area contributed by atoms with Crippen molar-refractivity contribution in [1.82, 2.24) is 5.32 Å². The molecule has 120 valence electrons. The summed E-state index contributed by atoms with van der Waals surface area (Å²) in [7, 11) is 4.58. The van der Waals surface area contributed by atoms with Crippen LogP contribution in [0.5, 0.6) is 11.5 Å². The highest BCUT2D eigenvalue weighted by atomic mass is 16.5. The molecule has 0 atom stereocenters. The number of carbonyl (C=O) groups is 2. The number of ether oxygens (including phenoxy) is 2. The Morgan fingerprint density at radius 3 is 2.39 bits per heavy atom. The molecule has 2 rings (SSSR count). The number of amides is 2.